The van der Waals surface area contributed by atoms with Crippen molar-refractivity contribution in [1.82, 2.24) is 0 Å². The summed E-state index contributed by atoms with van der Waals surface area (Å²) in [4.78, 5) is 13.0. The van der Waals surface area contributed by atoms with Crippen LogP contribution in [-0.2, 0) is 21.0 Å². The van der Waals surface area contributed by atoms with E-state index in [9.17, 15) is 4.79 Å². The molecule has 0 saturated heterocycles. The summed E-state index contributed by atoms with van der Waals surface area (Å²) in [5, 5.41) is 0. The van der Waals surface area contributed by atoms with Crippen molar-refractivity contribution >= 4 is 5.97 Å². The van der Waals surface area contributed by atoms with Gasteiger partial charge in [0.2, 0.25) is 0 Å². The molecular weight excluding hydrogens is 332 g/mol. The highest BCUT2D eigenvalue weighted by Crippen LogP contribution is 2.65. The van der Waals surface area contributed by atoms with E-state index in [2.05, 4.69) is 74.4 Å². The van der Waals surface area contributed by atoms with Crippen molar-refractivity contribution in [3.63, 3.8) is 0 Å². The smallest absolute Gasteiger partial charge is 0.314 e. The molecule has 0 amide bonds. The van der Waals surface area contributed by atoms with E-state index in [0.29, 0.717) is 5.41 Å². The van der Waals surface area contributed by atoms with Gasteiger partial charge >= 0.3 is 5.97 Å². The molecule has 2 aliphatic carbocycles. The summed E-state index contributed by atoms with van der Waals surface area (Å²) in [6.45, 7) is 20.0. The molecule has 1 atom stereocenters. The number of benzene rings is 1. The van der Waals surface area contributed by atoms with Gasteiger partial charge < -0.3 is 4.74 Å². The first-order chi connectivity index (χ1) is 12.2. The van der Waals surface area contributed by atoms with Gasteiger partial charge in [-0.3, -0.25) is 4.79 Å². The van der Waals surface area contributed by atoms with Crippen LogP contribution in [0.1, 0.15) is 105 Å². The molecule has 2 fully saturated rings. The number of carbonyl (C=O) groups excluding carboxylic acids is 1. The third-order valence-corrected chi connectivity index (χ3v) is 6.60. The molecule has 27 heavy (non-hydrogen) atoms. The van der Waals surface area contributed by atoms with Gasteiger partial charge in [0.05, 0.1) is 5.92 Å². The van der Waals surface area contributed by atoms with Gasteiger partial charge in [0.1, 0.15) is 5.75 Å². The Kier molecular flexibility index (Phi) is 4.61. The van der Waals surface area contributed by atoms with Gasteiger partial charge in [-0.2, -0.15) is 0 Å². The largest absolute Gasteiger partial charge is 0.426 e. The van der Waals surface area contributed by atoms with E-state index in [0.717, 1.165) is 23.3 Å². The van der Waals surface area contributed by atoms with Gasteiger partial charge in [-0.1, -0.05) is 80.9 Å². The highest BCUT2D eigenvalue weighted by molar-refractivity contribution is 5.80. The number of carbonyl (C=O) groups is 1. The van der Waals surface area contributed by atoms with Crippen LogP contribution in [0.3, 0.4) is 0 Å². The predicted octanol–water partition coefficient (Wildman–Crippen LogP) is 6.67. The Morgan fingerprint density at radius 3 is 1.67 bits per heavy atom. The van der Waals surface area contributed by atoms with Crippen LogP contribution in [0.2, 0.25) is 0 Å². The van der Waals surface area contributed by atoms with Crippen LogP contribution >= 0.6 is 0 Å². The van der Waals surface area contributed by atoms with Gasteiger partial charge in [-0.05, 0) is 46.5 Å². The maximum Gasteiger partial charge on any atom is 0.314 e. The van der Waals surface area contributed by atoms with Crippen molar-refractivity contribution in [2.45, 2.75) is 104 Å². The molecular formula is C25H38O2. The molecule has 2 aliphatic rings. The first kappa shape index (κ1) is 20.4. The molecule has 2 saturated carbocycles. The number of rotatable bonds is 2. The summed E-state index contributed by atoms with van der Waals surface area (Å²) in [5.41, 5.74) is 3.77. The molecule has 0 heterocycles. The van der Waals surface area contributed by atoms with E-state index < -0.39 is 0 Å². The summed E-state index contributed by atoms with van der Waals surface area (Å²) >= 11 is 0. The molecule has 0 aromatic heterocycles. The van der Waals surface area contributed by atoms with E-state index in [1.54, 1.807) is 0 Å². The average Bonchev–Trinajstić information content (AvgIpc) is 3.19. The Labute approximate surface area is 166 Å². The lowest BCUT2D eigenvalue weighted by Crippen LogP contribution is -2.26. The van der Waals surface area contributed by atoms with E-state index >= 15 is 0 Å². The Hall–Kier alpha value is -1.31. The quantitative estimate of drug-likeness (QED) is 0.429. The minimum atomic E-state index is -0.0887. The van der Waals surface area contributed by atoms with Crippen LogP contribution in [0.15, 0.2) is 12.1 Å². The zero-order valence-corrected chi connectivity index (χ0v) is 18.9. The van der Waals surface area contributed by atoms with Crippen LogP contribution in [0.25, 0.3) is 0 Å². The maximum atomic E-state index is 13.0. The minimum Gasteiger partial charge on any atom is -0.426 e. The zero-order chi connectivity index (χ0) is 20.4. The lowest BCUT2D eigenvalue weighted by molar-refractivity contribution is -0.137. The first-order valence-electron chi connectivity index (χ1n) is 10.6. The number of ether oxygens (including phenoxy) is 1. The minimum absolute atomic E-state index is 0.00536. The summed E-state index contributed by atoms with van der Waals surface area (Å²) < 4.78 is 6.21. The van der Waals surface area contributed by atoms with Gasteiger partial charge in [-0.25, -0.2) is 0 Å². The molecule has 0 aliphatic heterocycles. The molecule has 3 rings (SSSR count). The lowest BCUT2D eigenvalue weighted by Gasteiger charge is -2.33. The second-order valence-corrected chi connectivity index (χ2v) is 12.0. The topological polar surface area (TPSA) is 26.3 Å². The van der Waals surface area contributed by atoms with Crippen molar-refractivity contribution in [2.75, 3.05) is 0 Å². The third kappa shape index (κ3) is 3.82. The van der Waals surface area contributed by atoms with Crippen molar-refractivity contribution in [1.29, 1.82) is 0 Å². The second-order valence-electron chi connectivity index (χ2n) is 12.0. The van der Waals surface area contributed by atoms with E-state index in [4.69, 9.17) is 4.74 Å². The van der Waals surface area contributed by atoms with E-state index in [1.165, 1.54) is 24.8 Å². The van der Waals surface area contributed by atoms with Crippen LogP contribution < -0.4 is 4.74 Å². The van der Waals surface area contributed by atoms with Gasteiger partial charge in [0.25, 0.3) is 0 Å². The van der Waals surface area contributed by atoms with Crippen molar-refractivity contribution in [3.05, 3.63) is 28.8 Å². The van der Waals surface area contributed by atoms with Gasteiger partial charge in [0, 0.05) is 11.1 Å². The third-order valence-electron chi connectivity index (χ3n) is 6.60. The fourth-order valence-electron chi connectivity index (χ4n) is 4.32. The molecule has 150 valence electrons. The molecule has 1 aromatic carbocycles. The van der Waals surface area contributed by atoms with Crippen molar-refractivity contribution < 1.29 is 9.53 Å². The molecule has 2 heteroatoms. The standard InChI is InChI=1S/C25H38O2/c1-22(2,3)16-13-17(23(4,5)6)20(18(14-16)24(7,8)9)27-21(26)19-15-25(19)11-10-12-25/h13-14,19H,10-12,15H2,1-9H3/t19-/m1/s1. The average molecular weight is 371 g/mol. The Balaban J connectivity index is 2.08. The summed E-state index contributed by atoms with van der Waals surface area (Å²) in [7, 11) is 0. The molecule has 1 aromatic rings. The van der Waals surface area contributed by atoms with Crippen LogP contribution in [0.4, 0.5) is 0 Å². The van der Waals surface area contributed by atoms with Gasteiger partial charge in [0.15, 0.2) is 0 Å². The number of hydrogen-bond donors (Lipinski definition) is 0. The maximum absolute atomic E-state index is 13.0. The molecule has 0 bridgehead atoms. The molecule has 2 nitrogen and oxygen atoms in total. The fraction of sp³-hybridized carbons (Fsp3) is 0.720. The van der Waals surface area contributed by atoms with Crippen LogP contribution in [0, 0.1) is 11.3 Å². The van der Waals surface area contributed by atoms with Crippen LogP contribution in [-0.4, -0.2) is 5.97 Å². The van der Waals surface area contributed by atoms with Crippen molar-refractivity contribution in [2.24, 2.45) is 11.3 Å². The van der Waals surface area contributed by atoms with E-state index in [1.807, 2.05) is 0 Å². The normalized spacial score (nSPS) is 21.7. The predicted molar refractivity (Wildman–Crippen MR) is 113 cm³/mol. The fourth-order valence-corrected chi connectivity index (χ4v) is 4.32. The highest BCUT2D eigenvalue weighted by Gasteiger charge is 2.62. The highest BCUT2D eigenvalue weighted by atomic mass is 16.5. The van der Waals surface area contributed by atoms with Crippen LogP contribution in [0.5, 0.6) is 5.75 Å². The SMILES string of the molecule is CC(C)(C)c1cc(C(C)(C)C)c(OC(=O)[C@H]2CC23CCC3)c(C(C)(C)C)c1. The monoisotopic (exact) mass is 370 g/mol. The number of esters is 1. The molecule has 0 unspecified atom stereocenters. The Morgan fingerprint density at radius 1 is 0.889 bits per heavy atom. The molecule has 1 spiro atoms. The summed E-state index contributed by atoms with van der Waals surface area (Å²) in [6, 6.07) is 4.54. The Morgan fingerprint density at radius 2 is 1.37 bits per heavy atom. The van der Waals surface area contributed by atoms with Gasteiger partial charge in [-0.15, -0.1) is 0 Å². The molecule has 0 N–H and O–H groups in total. The summed E-state index contributed by atoms with van der Waals surface area (Å²) in [6.07, 6.45) is 4.70. The summed E-state index contributed by atoms with van der Waals surface area (Å²) in [5.74, 6) is 0.928. The lowest BCUT2D eigenvalue weighted by atomic mass is 9.74. The van der Waals surface area contributed by atoms with Crippen molar-refractivity contribution in [3.8, 4) is 5.75 Å². The second kappa shape index (κ2) is 6.09. The molecule has 0 radical (unpaired) electrons. The first-order valence-corrected chi connectivity index (χ1v) is 10.6. The number of hydrogen-bond acceptors (Lipinski definition) is 2. The zero-order valence-electron chi connectivity index (χ0n) is 18.9. The van der Waals surface area contributed by atoms with E-state index in [-0.39, 0.29) is 28.1 Å². The Bertz CT molecular complexity index is 711.